The minimum atomic E-state index is -0.809. The molecule has 1 amide bonds. The molecular formula is C16H14N4O5S. The van der Waals surface area contributed by atoms with Crippen LogP contribution in [0.1, 0.15) is 21.5 Å². The molecule has 0 aliphatic rings. The van der Waals surface area contributed by atoms with Crippen LogP contribution >= 0.6 is 12.2 Å². The summed E-state index contributed by atoms with van der Waals surface area (Å²) in [5.41, 5.74) is 1.23. The number of nitrogens with one attached hydrogen (secondary N) is 2. The molecule has 0 aliphatic carbocycles. The number of benzene rings is 2. The van der Waals surface area contributed by atoms with Gasteiger partial charge < -0.3 is 5.32 Å². The molecule has 0 bridgehead atoms. The Morgan fingerprint density at radius 3 is 2.12 bits per heavy atom. The van der Waals surface area contributed by atoms with Crippen molar-refractivity contribution in [1.82, 2.24) is 5.32 Å². The van der Waals surface area contributed by atoms with Gasteiger partial charge in [-0.15, -0.1) is 0 Å². The molecule has 0 atom stereocenters. The second kappa shape index (κ2) is 7.66. The second-order valence-electron chi connectivity index (χ2n) is 5.48. The minimum absolute atomic E-state index is 0.0298. The maximum atomic E-state index is 12.3. The van der Waals surface area contributed by atoms with Gasteiger partial charge in [-0.3, -0.25) is 30.3 Å². The molecule has 0 radical (unpaired) electrons. The number of anilines is 1. The monoisotopic (exact) mass is 374 g/mol. The van der Waals surface area contributed by atoms with Crippen LogP contribution in [0.2, 0.25) is 0 Å². The Morgan fingerprint density at radius 2 is 1.58 bits per heavy atom. The van der Waals surface area contributed by atoms with Crippen LogP contribution in [0.3, 0.4) is 0 Å². The van der Waals surface area contributed by atoms with Gasteiger partial charge in [0, 0.05) is 17.8 Å². The first-order valence-corrected chi connectivity index (χ1v) is 7.71. The van der Waals surface area contributed by atoms with E-state index in [1.807, 2.05) is 32.0 Å². The maximum Gasteiger partial charge on any atom is 0.277 e. The van der Waals surface area contributed by atoms with Crippen LogP contribution in [-0.2, 0) is 0 Å². The summed E-state index contributed by atoms with van der Waals surface area (Å²) in [4.78, 5) is 32.4. The third-order valence-electron chi connectivity index (χ3n) is 3.45. The average molecular weight is 374 g/mol. The Balaban J connectivity index is 2.21. The third-order valence-corrected chi connectivity index (χ3v) is 3.66. The maximum absolute atomic E-state index is 12.3. The van der Waals surface area contributed by atoms with Gasteiger partial charge in [0.05, 0.1) is 21.5 Å². The van der Waals surface area contributed by atoms with E-state index in [2.05, 4.69) is 10.6 Å². The van der Waals surface area contributed by atoms with Crippen LogP contribution in [0.4, 0.5) is 17.1 Å². The van der Waals surface area contributed by atoms with E-state index in [0.717, 1.165) is 29.3 Å². The Hall–Kier alpha value is -3.40. The quantitative estimate of drug-likeness (QED) is 0.477. The van der Waals surface area contributed by atoms with Crippen molar-refractivity contribution in [2.24, 2.45) is 0 Å². The van der Waals surface area contributed by atoms with Crippen LogP contribution in [0.5, 0.6) is 0 Å². The number of rotatable bonds is 4. The lowest BCUT2D eigenvalue weighted by atomic mass is 10.1. The van der Waals surface area contributed by atoms with Gasteiger partial charge in [0.25, 0.3) is 17.3 Å². The van der Waals surface area contributed by atoms with Gasteiger partial charge in [0.1, 0.15) is 0 Å². The summed E-state index contributed by atoms with van der Waals surface area (Å²) in [5, 5.41) is 27.0. The molecule has 0 unspecified atom stereocenters. The zero-order valence-electron chi connectivity index (χ0n) is 13.8. The summed E-state index contributed by atoms with van der Waals surface area (Å²) < 4.78 is 0. The number of nitrogens with zero attached hydrogens (tertiary/aromatic N) is 2. The number of carbonyl (C=O) groups is 1. The fourth-order valence-electron chi connectivity index (χ4n) is 2.14. The molecule has 2 aromatic rings. The van der Waals surface area contributed by atoms with Crippen LogP contribution in [0.25, 0.3) is 0 Å². The van der Waals surface area contributed by atoms with Gasteiger partial charge in [0.2, 0.25) is 0 Å². The summed E-state index contributed by atoms with van der Waals surface area (Å²) >= 11 is 5.07. The normalized spacial score (nSPS) is 10.1. The van der Waals surface area contributed by atoms with Gasteiger partial charge in [-0.1, -0.05) is 12.1 Å². The fourth-order valence-corrected chi connectivity index (χ4v) is 2.34. The molecule has 0 aromatic heterocycles. The number of thiocarbonyl (C=S) groups is 1. The number of amides is 1. The summed E-state index contributed by atoms with van der Waals surface area (Å²) in [5.74, 6) is -0.792. The van der Waals surface area contributed by atoms with Crippen molar-refractivity contribution in [2.75, 3.05) is 5.32 Å². The second-order valence-corrected chi connectivity index (χ2v) is 5.89. The predicted octanol–water partition coefficient (Wildman–Crippen LogP) is 3.25. The average Bonchev–Trinajstić information content (AvgIpc) is 2.57. The number of nitro groups is 2. The number of hydrogen-bond acceptors (Lipinski definition) is 6. The van der Waals surface area contributed by atoms with Crippen molar-refractivity contribution in [3.05, 3.63) is 73.3 Å². The van der Waals surface area contributed by atoms with E-state index >= 15 is 0 Å². The largest absolute Gasteiger partial charge is 0.332 e. The van der Waals surface area contributed by atoms with Crippen molar-refractivity contribution in [1.29, 1.82) is 0 Å². The van der Waals surface area contributed by atoms with Crippen molar-refractivity contribution in [3.63, 3.8) is 0 Å². The van der Waals surface area contributed by atoms with E-state index in [1.54, 1.807) is 0 Å². The molecule has 0 fully saturated rings. The Morgan fingerprint density at radius 1 is 1.00 bits per heavy atom. The Labute approximate surface area is 153 Å². The number of aryl methyl sites for hydroxylation is 2. The van der Waals surface area contributed by atoms with Gasteiger partial charge in [-0.25, -0.2) is 0 Å². The minimum Gasteiger partial charge on any atom is -0.332 e. The van der Waals surface area contributed by atoms with E-state index in [0.29, 0.717) is 5.69 Å². The molecule has 0 saturated heterocycles. The lowest BCUT2D eigenvalue weighted by Crippen LogP contribution is -2.34. The molecule has 134 valence electrons. The SMILES string of the molecule is Cc1ccc(C)c(NC(=S)NC(=O)c2cc([N+](=O)[O-])cc([N+](=O)[O-])c2)c1. The number of non-ortho nitro benzene ring substituents is 2. The topological polar surface area (TPSA) is 127 Å². The summed E-state index contributed by atoms with van der Waals surface area (Å²) in [6.45, 7) is 3.75. The zero-order chi connectivity index (χ0) is 19.4. The van der Waals surface area contributed by atoms with E-state index in [-0.39, 0.29) is 10.7 Å². The zero-order valence-corrected chi connectivity index (χ0v) is 14.6. The standard InChI is InChI=1S/C16H14N4O5S/c1-9-3-4-10(2)14(5-9)17-16(26)18-15(21)11-6-12(19(22)23)8-13(7-11)20(24)25/h3-8H,1-2H3,(H2,17,18,21,26). The van der Waals surface area contributed by atoms with Gasteiger partial charge >= 0.3 is 0 Å². The molecule has 2 rings (SSSR count). The smallest absolute Gasteiger partial charge is 0.277 e. The Bertz CT molecular complexity index is 897. The highest BCUT2D eigenvalue weighted by Gasteiger charge is 2.20. The van der Waals surface area contributed by atoms with Crippen LogP contribution in [0.15, 0.2) is 36.4 Å². The van der Waals surface area contributed by atoms with E-state index in [1.165, 1.54) is 0 Å². The van der Waals surface area contributed by atoms with Crippen molar-refractivity contribution < 1.29 is 14.6 Å². The first kappa shape index (κ1) is 18.9. The first-order chi connectivity index (χ1) is 12.2. The summed E-state index contributed by atoms with van der Waals surface area (Å²) in [7, 11) is 0. The predicted molar refractivity (Wildman–Crippen MR) is 99.4 cm³/mol. The van der Waals surface area contributed by atoms with E-state index in [4.69, 9.17) is 12.2 Å². The lowest BCUT2D eigenvalue weighted by molar-refractivity contribution is -0.394. The van der Waals surface area contributed by atoms with Gasteiger partial charge in [-0.05, 0) is 43.3 Å². The van der Waals surface area contributed by atoms with Crippen molar-refractivity contribution in [2.45, 2.75) is 13.8 Å². The number of carbonyl (C=O) groups excluding carboxylic acids is 1. The van der Waals surface area contributed by atoms with Crippen LogP contribution in [0, 0.1) is 34.1 Å². The highest BCUT2D eigenvalue weighted by molar-refractivity contribution is 7.80. The highest BCUT2D eigenvalue weighted by atomic mass is 32.1. The molecule has 10 heteroatoms. The highest BCUT2D eigenvalue weighted by Crippen LogP contribution is 2.23. The van der Waals surface area contributed by atoms with E-state index < -0.39 is 27.1 Å². The number of nitro benzene ring substituents is 2. The van der Waals surface area contributed by atoms with Gasteiger partial charge in [0.15, 0.2) is 5.11 Å². The van der Waals surface area contributed by atoms with Gasteiger partial charge in [-0.2, -0.15) is 0 Å². The third kappa shape index (κ3) is 4.57. The van der Waals surface area contributed by atoms with Crippen molar-refractivity contribution >= 4 is 40.3 Å². The van der Waals surface area contributed by atoms with E-state index in [9.17, 15) is 25.0 Å². The molecular weight excluding hydrogens is 360 g/mol. The molecule has 0 aliphatic heterocycles. The molecule has 9 nitrogen and oxygen atoms in total. The number of hydrogen-bond donors (Lipinski definition) is 2. The first-order valence-electron chi connectivity index (χ1n) is 7.31. The van der Waals surface area contributed by atoms with Crippen LogP contribution in [-0.4, -0.2) is 20.9 Å². The van der Waals surface area contributed by atoms with Crippen molar-refractivity contribution in [3.8, 4) is 0 Å². The molecule has 26 heavy (non-hydrogen) atoms. The molecule has 0 heterocycles. The molecule has 0 saturated carbocycles. The molecule has 0 spiro atoms. The summed E-state index contributed by atoms with van der Waals surface area (Å²) in [6, 6.07) is 8.32. The molecule has 2 aromatic carbocycles. The molecule has 2 N–H and O–H groups in total. The summed E-state index contributed by atoms with van der Waals surface area (Å²) in [6.07, 6.45) is 0. The van der Waals surface area contributed by atoms with Crippen LogP contribution < -0.4 is 10.6 Å². The Kier molecular flexibility index (Phi) is 5.58. The fraction of sp³-hybridized carbons (Fsp3) is 0.125. The lowest BCUT2D eigenvalue weighted by Gasteiger charge is -2.12.